The molecule has 4 N–H and O–H groups in total. The molecule has 168 valence electrons. The van der Waals surface area contributed by atoms with E-state index in [1.165, 1.54) is 0 Å². The fraction of sp³-hybridized carbons (Fsp3) is 0.818. The topological polar surface area (TPSA) is 133 Å². The molecule has 3 aliphatic rings. The summed E-state index contributed by atoms with van der Waals surface area (Å²) >= 11 is 0. The molecule has 0 aromatic carbocycles. The van der Waals surface area contributed by atoms with E-state index < -0.39 is 35.6 Å². The minimum absolute atomic E-state index is 0.227. The van der Waals surface area contributed by atoms with E-state index in [0.29, 0.717) is 25.7 Å². The predicted octanol–water partition coefficient (Wildman–Crippen LogP) is 2.31. The molecule has 2 amide bonds. The summed E-state index contributed by atoms with van der Waals surface area (Å²) in [6.07, 6.45) is 8.90. The number of hydrogen-bond donors (Lipinski definition) is 4. The molecule has 8 nitrogen and oxygen atoms in total. The van der Waals surface area contributed by atoms with Crippen LogP contribution in [-0.4, -0.2) is 46.0 Å². The first-order valence-electron chi connectivity index (χ1n) is 11.4. The zero-order valence-electron chi connectivity index (χ0n) is 17.5. The lowest BCUT2D eigenvalue weighted by atomic mass is 9.77. The molecule has 3 fully saturated rings. The number of hydrogen-bond acceptors (Lipinski definition) is 4. The lowest BCUT2D eigenvalue weighted by Crippen LogP contribution is -2.56. The third-order valence-electron chi connectivity index (χ3n) is 7.26. The molecular formula is C22H34N2O6. The number of amides is 2. The Labute approximate surface area is 177 Å². The van der Waals surface area contributed by atoms with E-state index in [1.807, 2.05) is 0 Å². The summed E-state index contributed by atoms with van der Waals surface area (Å²) < 4.78 is 0. The lowest BCUT2D eigenvalue weighted by molar-refractivity contribution is -0.149. The van der Waals surface area contributed by atoms with Gasteiger partial charge < -0.3 is 20.8 Å². The smallest absolute Gasteiger partial charge is 0.307 e. The Morgan fingerprint density at radius 1 is 0.500 bits per heavy atom. The van der Waals surface area contributed by atoms with E-state index in [9.17, 15) is 29.4 Å². The van der Waals surface area contributed by atoms with Crippen LogP contribution in [0.2, 0.25) is 0 Å². The van der Waals surface area contributed by atoms with Gasteiger partial charge in [-0.3, -0.25) is 19.2 Å². The predicted molar refractivity (Wildman–Crippen MR) is 108 cm³/mol. The molecule has 6 atom stereocenters. The molecule has 0 radical (unpaired) electrons. The minimum Gasteiger partial charge on any atom is -0.481 e. The summed E-state index contributed by atoms with van der Waals surface area (Å²) in [5, 5.41) is 25.0. The van der Waals surface area contributed by atoms with Crippen LogP contribution >= 0.6 is 0 Å². The molecule has 0 aliphatic heterocycles. The zero-order valence-corrected chi connectivity index (χ0v) is 17.5. The van der Waals surface area contributed by atoms with Gasteiger partial charge in [-0.25, -0.2) is 0 Å². The van der Waals surface area contributed by atoms with Gasteiger partial charge in [-0.15, -0.1) is 0 Å². The van der Waals surface area contributed by atoms with Crippen LogP contribution in [-0.2, 0) is 19.2 Å². The molecule has 0 bridgehead atoms. The molecule has 8 heteroatoms. The summed E-state index contributed by atoms with van der Waals surface area (Å²) in [4.78, 5) is 48.9. The first kappa shape index (κ1) is 22.6. The number of carbonyl (C=O) groups excluding carboxylic acids is 2. The van der Waals surface area contributed by atoms with Gasteiger partial charge >= 0.3 is 11.9 Å². The third-order valence-corrected chi connectivity index (χ3v) is 7.26. The van der Waals surface area contributed by atoms with Crippen LogP contribution < -0.4 is 10.6 Å². The standard InChI is InChI=1S/C22H34N2O6/c25-19(13-7-1-3-9-15(13)21(27)28)23-17-11-5-6-12-18(17)24-20(26)14-8-2-4-10-16(14)22(29)30/h13-18H,1-12H2,(H,23,25)(H,24,26)(H,27,28)(H,29,30)/t13-,14+,15-,16+,17-,18-/m0/s1. The van der Waals surface area contributed by atoms with Gasteiger partial charge in [-0.05, 0) is 38.5 Å². The van der Waals surface area contributed by atoms with E-state index in [2.05, 4.69) is 10.6 Å². The maximum absolute atomic E-state index is 12.9. The normalized spacial score (nSPS) is 34.5. The van der Waals surface area contributed by atoms with Crippen LogP contribution in [0.4, 0.5) is 0 Å². The largest absolute Gasteiger partial charge is 0.481 e. The zero-order chi connectivity index (χ0) is 21.7. The average molecular weight is 423 g/mol. The van der Waals surface area contributed by atoms with Crippen molar-refractivity contribution in [2.75, 3.05) is 0 Å². The molecule has 0 unspecified atom stereocenters. The van der Waals surface area contributed by atoms with Gasteiger partial charge in [0.05, 0.1) is 23.7 Å². The second-order valence-corrected chi connectivity index (χ2v) is 9.19. The second kappa shape index (κ2) is 10.3. The van der Waals surface area contributed by atoms with Crippen LogP contribution in [0.3, 0.4) is 0 Å². The monoisotopic (exact) mass is 422 g/mol. The molecular weight excluding hydrogens is 388 g/mol. The number of carboxylic acids is 2. The quantitative estimate of drug-likeness (QED) is 0.519. The Hall–Kier alpha value is -2.12. The van der Waals surface area contributed by atoms with E-state index in [-0.39, 0.29) is 23.9 Å². The van der Waals surface area contributed by atoms with Crippen molar-refractivity contribution >= 4 is 23.8 Å². The van der Waals surface area contributed by atoms with Crippen LogP contribution in [0.25, 0.3) is 0 Å². The number of carboxylic acid groups (broad SMARTS) is 2. The van der Waals surface area contributed by atoms with Crippen LogP contribution in [0.1, 0.15) is 77.0 Å². The third kappa shape index (κ3) is 5.32. The Morgan fingerprint density at radius 3 is 1.13 bits per heavy atom. The van der Waals surface area contributed by atoms with E-state index in [1.54, 1.807) is 0 Å². The maximum Gasteiger partial charge on any atom is 0.307 e. The highest BCUT2D eigenvalue weighted by molar-refractivity contribution is 5.86. The van der Waals surface area contributed by atoms with Crippen LogP contribution in [0.5, 0.6) is 0 Å². The van der Waals surface area contributed by atoms with Crippen molar-refractivity contribution < 1.29 is 29.4 Å². The van der Waals surface area contributed by atoms with E-state index in [0.717, 1.165) is 51.4 Å². The van der Waals surface area contributed by atoms with Gasteiger partial charge in [-0.2, -0.15) is 0 Å². The molecule has 0 spiro atoms. The second-order valence-electron chi connectivity index (χ2n) is 9.19. The van der Waals surface area contributed by atoms with Crippen LogP contribution in [0, 0.1) is 23.7 Å². The van der Waals surface area contributed by atoms with Crippen molar-refractivity contribution in [1.82, 2.24) is 10.6 Å². The van der Waals surface area contributed by atoms with Crippen LogP contribution in [0.15, 0.2) is 0 Å². The molecule has 3 rings (SSSR count). The number of carbonyl (C=O) groups is 4. The highest BCUT2D eigenvalue weighted by Crippen LogP contribution is 2.32. The SMILES string of the molecule is O=C(O)[C@H]1CCCC[C@@H]1C(=O)N[C@H]1CCCC[C@@H]1NC(=O)[C@@H]1CCCC[C@H]1C(=O)O. The van der Waals surface area contributed by atoms with Crippen molar-refractivity contribution in [2.24, 2.45) is 23.7 Å². The summed E-state index contributed by atoms with van der Waals surface area (Å²) in [5.41, 5.74) is 0. The fourth-order valence-corrected chi connectivity index (χ4v) is 5.54. The van der Waals surface area contributed by atoms with Gasteiger partial charge in [0, 0.05) is 12.1 Å². The van der Waals surface area contributed by atoms with Gasteiger partial charge in [-0.1, -0.05) is 38.5 Å². The molecule has 30 heavy (non-hydrogen) atoms. The minimum atomic E-state index is -0.916. The molecule has 3 saturated carbocycles. The summed E-state index contributed by atoms with van der Waals surface area (Å²) in [6, 6.07) is -0.475. The van der Waals surface area contributed by atoms with E-state index in [4.69, 9.17) is 0 Å². The first-order valence-corrected chi connectivity index (χ1v) is 11.4. The fourth-order valence-electron chi connectivity index (χ4n) is 5.54. The Balaban J connectivity index is 1.63. The highest BCUT2D eigenvalue weighted by atomic mass is 16.4. The van der Waals surface area contributed by atoms with Crippen molar-refractivity contribution in [3.05, 3.63) is 0 Å². The molecule has 0 aromatic heterocycles. The van der Waals surface area contributed by atoms with Crippen molar-refractivity contribution in [3.63, 3.8) is 0 Å². The number of nitrogens with one attached hydrogen (secondary N) is 2. The molecule has 0 heterocycles. The molecule has 0 aromatic rings. The summed E-state index contributed by atoms with van der Waals surface area (Å²) in [5.74, 6) is -4.62. The maximum atomic E-state index is 12.9. The van der Waals surface area contributed by atoms with E-state index >= 15 is 0 Å². The van der Waals surface area contributed by atoms with Gasteiger partial charge in [0.15, 0.2) is 0 Å². The average Bonchev–Trinajstić information content (AvgIpc) is 2.75. The number of rotatable bonds is 6. The van der Waals surface area contributed by atoms with Gasteiger partial charge in [0.25, 0.3) is 0 Å². The van der Waals surface area contributed by atoms with Crippen molar-refractivity contribution in [1.29, 1.82) is 0 Å². The highest BCUT2D eigenvalue weighted by Gasteiger charge is 2.40. The Kier molecular flexibility index (Phi) is 7.72. The summed E-state index contributed by atoms with van der Waals surface area (Å²) in [7, 11) is 0. The molecule has 3 aliphatic carbocycles. The first-order chi connectivity index (χ1) is 14.4. The van der Waals surface area contributed by atoms with Gasteiger partial charge in [0.2, 0.25) is 11.8 Å². The Bertz CT molecular complexity index is 610. The lowest BCUT2D eigenvalue weighted by Gasteiger charge is -2.37. The number of aliphatic carboxylic acids is 2. The molecule has 0 saturated heterocycles. The summed E-state index contributed by atoms with van der Waals surface area (Å²) in [6.45, 7) is 0. The Morgan fingerprint density at radius 2 is 0.800 bits per heavy atom. The van der Waals surface area contributed by atoms with Crippen molar-refractivity contribution in [2.45, 2.75) is 89.1 Å². The van der Waals surface area contributed by atoms with Gasteiger partial charge in [0.1, 0.15) is 0 Å². The van der Waals surface area contributed by atoms with Crippen molar-refractivity contribution in [3.8, 4) is 0 Å².